The Bertz CT molecular complexity index is 646. The van der Waals surface area contributed by atoms with Gasteiger partial charge in [0, 0.05) is 13.2 Å². The van der Waals surface area contributed by atoms with Gasteiger partial charge in [-0.1, -0.05) is 0 Å². The molecule has 0 fully saturated rings. The Balaban J connectivity index is 3.30. The van der Waals surface area contributed by atoms with Crippen molar-refractivity contribution in [1.29, 1.82) is 0 Å². The predicted octanol–water partition coefficient (Wildman–Crippen LogP) is 1.81. The van der Waals surface area contributed by atoms with Crippen molar-refractivity contribution in [2.24, 2.45) is 4.99 Å². The number of ether oxygens (including phenoxy) is 1. The standard InChI is InChI=1S/C14H13F4NO4/c1-2-23-14(22)12(19-4-3-5-20)13(21)7-6-8(15)10(17)11(18)9(7)16/h6,20H,2-5H2,1H3. The van der Waals surface area contributed by atoms with E-state index >= 15 is 0 Å². The molecule has 0 aliphatic heterocycles. The Morgan fingerprint density at radius 2 is 1.83 bits per heavy atom. The summed E-state index contributed by atoms with van der Waals surface area (Å²) in [4.78, 5) is 27.3. The highest BCUT2D eigenvalue weighted by Gasteiger charge is 2.29. The highest BCUT2D eigenvalue weighted by Crippen LogP contribution is 2.19. The first-order chi connectivity index (χ1) is 10.8. The number of Topliss-reactive ketones (excluding diaryl/α,β-unsaturated/α-hetero) is 1. The van der Waals surface area contributed by atoms with Crippen molar-refractivity contribution in [3.05, 3.63) is 34.9 Å². The summed E-state index contributed by atoms with van der Waals surface area (Å²) < 4.78 is 57.5. The van der Waals surface area contributed by atoms with Gasteiger partial charge in [0.1, 0.15) is 0 Å². The number of carbonyl (C=O) groups excluding carboxylic acids is 2. The Labute approximate surface area is 128 Å². The van der Waals surface area contributed by atoms with Crippen LogP contribution in [0.1, 0.15) is 23.7 Å². The Kier molecular flexibility index (Phi) is 6.83. The molecule has 0 amide bonds. The summed E-state index contributed by atoms with van der Waals surface area (Å²) in [6.07, 6.45) is 0.0881. The second-order valence-electron chi connectivity index (χ2n) is 4.20. The largest absolute Gasteiger partial charge is 0.461 e. The molecule has 0 heterocycles. The summed E-state index contributed by atoms with van der Waals surface area (Å²) in [6.45, 7) is 0.845. The predicted molar refractivity (Wildman–Crippen MR) is 71.2 cm³/mol. The summed E-state index contributed by atoms with van der Waals surface area (Å²) in [7, 11) is 0. The Morgan fingerprint density at radius 1 is 1.17 bits per heavy atom. The fourth-order valence-corrected chi connectivity index (χ4v) is 1.56. The number of aliphatic hydroxyl groups is 1. The molecule has 1 rings (SSSR count). The second kappa shape index (κ2) is 8.37. The number of hydrogen-bond acceptors (Lipinski definition) is 5. The number of ketones is 1. The lowest BCUT2D eigenvalue weighted by Crippen LogP contribution is -2.28. The van der Waals surface area contributed by atoms with E-state index in [0.29, 0.717) is 0 Å². The van der Waals surface area contributed by atoms with Crippen molar-refractivity contribution in [2.75, 3.05) is 19.8 Å². The molecule has 0 unspecified atom stereocenters. The smallest absolute Gasteiger partial charge is 0.360 e. The SMILES string of the molecule is CCOC(=O)C(=NCCCO)C(=O)c1cc(F)c(F)c(F)c1F. The van der Waals surface area contributed by atoms with Gasteiger partial charge in [-0.05, 0) is 19.4 Å². The van der Waals surface area contributed by atoms with E-state index in [2.05, 4.69) is 9.73 Å². The molecule has 0 bridgehead atoms. The van der Waals surface area contributed by atoms with Crippen LogP contribution in [0.3, 0.4) is 0 Å². The highest BCUT2D eigenvalue weighted by atomic mass is 19.2. The number of rotatable bonds is 7. The van der Waals surface area contributed by atoms with Crippen molar-refractivity contribution in [2.45, 2.75) is 13.3 Å². The quantitative estimate of drug-likeness (QED) is 0.121. The van der Waals surface area contributed by atoms with Gasteiger partial charge in [-0.2, -0.15) is 0 Å². The first kappa shape index (κ1) is 18.8. The van der Waals surface area contributed by atoms with Crippen molar-refractivity contribution in [3.8, 4) is 0 Å². The lowest BCUT2D eigenvalue weighted by atomic mass is 10.0. The molecule has 0 radical (unpaired) electrons. The molecule has 9 heteroatoms. The number of halogens is 4. The van der Waals surface area contributed by atoms with Crippen LogP contribution in [0.5, 0.6) is 0 Å². The third-order valence-electron chi connectivity index (χ3n) is 2.62. The van der Waals surface area contributed by atoms with E-state index in [0.717, 1.165) is 0 Å². The van der Waals surface area contributed by atoms with Crippen LogP contribution in [0.2, 0.25) is 0 Å². The van der Waals surface area contributed by atoms with Crippen LogP contribution in [0.25, 0.3) is 0 Å². The number of benzene rings is 1. The summed E-state index contributed by atoms with van der Waals surface area (Å²) in [5.41, 5.74) is -2.08. The number of aliphatic imine (C=N–C) groups is 1. The molecule has 5 nitrogen and oxygen atoms in total. The zero-order valence-corrected chi connectivity index (χ0v) is 12.0. The first-order valence-electron chi connectivity index (χ1n) is 6.55. The normalized spacial score (nSPS) is 11.5. The molecule has 0 aliphatic rings. The maximum Gasteiger partial charge on any atom is 0.360 e. The second-order valence-corrected chi connectivity index (χ2v) is 4.20. The van der Waals surface area contributed by atoms with E-state index in [4.69, 9.17) is 5.11 Å². The lowest BCUT2D eigenvalue weighted by molar-refractivity contribution is -0.134. The van der Waals surface area contributed by atoms with Crippen LogP contribution in [0, 0.1) is 23.3 Å². The molecule has 0 atom stereocenters. The summed E-state index contributed by atoms with van der Waals surface area (Å²) in [5, 5.41) is 8.65. The number of aliphatic hydroxyl groups excluding tert-OH is 1. The molecule has 1 N–H and O–H groups in total. The number of carbonyl (C=O) groups is 2. The van der Waals surface area contributed by atoms with Gasteiger partial charge in [-0.15, -0.1) is 0 Å². The fourth-order valence-electron chi connectivity index (χ4n) is 1.56. The van der Waals surface area contributed by atoms with Gasteiger partial charge in [0.25, 0.3) is 0 Å². The molecule has 1 aromatic rings. The third-order valence-corrected chi connectivity index (χ3v) is 2.62. The Morgan fingerprint density at radius 3 is 2.39 bits per heavy atom. The average molecular weight is 335 g/mol. The minimum absolute atomic E-state index is 0.0881. The maximum atomic E-state index is 13.6. The molecular formula is C14H13F4NO4. The molecule has 0 aliphatic carbocycles. The molecule has 0 aromatic heterocycles. The minimum atomic E-state index is -2.17. The van der Waals surface area contributed by atoms with Crippen LogP contribution >= 0.6 is 0 Å². The molecule has 126 valence electrons. The Hall–Kier alpha value is -2.29. The molecule has 0 saturated carbocycles. The van der Waals surface area contributed by atoms with Gasteiger partial charge in [-0.25, -0.2) is 22.4 Å². The average Bonchev–Trinajstić information content (AvgIpc) is 2.52. The zero-order chi connectivity index (χ0) is 17.6. The van der Waals surface area contributed by atoms with Crippen LogP contribution in [-0.4, -0.2) is 42.3 Å². The van der Waals surface area contributed by atoms with E-state index in [1.54, 1.807) is 0 Å². The van der Waals surface area contributed by atoms with Crippen LogP contribution < -0.4 is 0 Å². The van der Waals surface area contributed by atoms with Crippen LogP contribution in [0.4, 0.5) is 17.6 Å². The number of hydrogen-bond donors (Lipinski definition) is 1. The lowest BCUT2D eigenvalue weighted by Gasteiger charge is -2.08. The molecular weight excluding hydrogens is 322 g/mol. The van der Waals surface area contributed by atoms with Crippen molar-refractivity contribution in [1.82, 2.24) is 0 Å². The summed E-state index contributed by atoms with van der Waals surface area (Å²) >= 11 is 0. The van der Waals surface area contributed by atoms with Crippen molar-refractivity contribution >= 4 is 17.5 Å². The summed E-state index contributed by atoms with van der Waals surface area (Å²) in [6, 6.07) is 0.136. The highest BCUT2D eigenvalue weighted by molar-refractivity contribution is 6.67. The van der Waals surface area contributed by atoms with Gasteiger partial charge >= 0.3 is 5.97 Å². The van der Waals surface area contributed by atoms with Crippen molar-refractivity contribution in [3.63, 3.8) is 0 Å². The van der Waals surface area contributed by atoms with Crippen LogP contribution in [0.15, 0.2) is 11.1 Å². The van der Waals surface area contributed by atoms with E-state index in [1.807, 2.05) is 0 Å². The van der Waals surface area contributed by atoms with Crippen molar-refractivity contribution < 1.29 is 37.0 Å². The topological polar surface area (TPSA) is 76.0 Å². The monoisotopic (exact) mass is 335 g/mol. The van der Waals surface area contributed by atoms with Gasteiger partial charge in [-0.3, -0.25) is 9.79 Å². The van der Waals surface area contributed by atoms with Gasteiger partial charge in [0.15, 0.2) is 29.0 Å². The van der Waals surface area contributed by atoms with Gasteiger partial charge in [0.2, 0.25) is 5.78 Å². The molecule has 0 spiro atoms. The van der Waals surface area contributed by atoms with Gasteiger partial charge in [0.05, 0.1) is 12.2 Å². The van der Waals surface area contributed by atoms with E-state index in [-0.39, 0.29) is 32.2 Å². The van der Waals surface area contributed by atoms with Crippen LogP contribution in [-0.2, 0) is 9.53 Å². The van der Waals surface area contributed by atoms with E-state index in [9.17, 15) is 27.2 Å². The summed E-state index contributed by atoms with van der Waals surface area (Å²) in [5.74, 6) is -10.6. The maximum absolute atomic E-state index is 13.6. The zero-order valence-electron chi connectivity index (χ0n) is 12.0. The van der Waals surface area contributed by atoms with E-state index in [1.165, 1.54) is 6.92 Å². The van der Waals surface area contributed by atoms with Gasteiger partial charge < -0.3 is 9.84 Å². The van der Waals surface area contributed by atoms with E-state index < -0.39 is 46.3 Å². The first-order valence-corrected chi connectivity index (χ1v) is 6.55. The third kappa shape index (κ3) is 4.35. The molecule has 0 saturated heterocycles. The number of esters is 1. The molecule has 1 aromatic carbocycles. The fraction of sp³-hybridized carbons (Fsp3) is 0.357. The minimum Gasteiger partial charge on any atom is -0.461 e. The molecule has 23 heavy (non-hydrogen) atoms. The number of nitrogens with zero attached hydrogens (tertiary/aromatic N) is 1.